The normalized spacial score (nSPS) is 12.8. The minimum absolute atomic E-state index is 0.291. The van der Waals surface area contributed by atoms with Gasteiger partial charge in [0.1, 0.15) is 5.75 Å². The second-order valence-corrected chi connectivity index (χ2v) is 16.8. The summed E-state index contributed by atoms with van der Waals surface area (Å²) in [4.78, 5) is 1.31. The fraction of sp³-hybridized carbons (Fsp3) is 0.438. The van der Waals surface area contributed by atoms with Crippen LogP contribution in [0, 0.1) is 0 Å². The van der Waals surface area contributed by atoms with Crippen LogP contribution < -0.4 is 4.74 Å². The Morgan fingerprint density at radius 1 is 0.861 bits per heavy atom. The highest BCUT2D eigenvalue weighted by Gasteiger charge is 2.36. The largest absolute Gasteiger partial charge is 0.493 e. The van der Waals surface area contributed by atoms with Crippen LogP contribution in [0.25, 0.3) is 20.5 Å². The molecule has 0 aliphatic carbocycles. The Hall–Kier alpha value is -2.14. The molecular weight excluding hydrogens is 477 g/mol. The lowest BCUT2D eigenvalue weighted by molar-refractivity contribution is 0.283. The zero-order valence-corrected chi connectivity index (χ0v) is 24.9. The quantitative estimate of drug-likeness (QED) is 0.127. The summed E-state index contributed by atoms with van der Waals surface area (Å²) in [6, 6.07) is 17.6. The summed E-state index contributed by atoms with van der Waals surface area (Å²) in [5.74, 6) is 0.949. The number of rotatable bonds is 13. The zero-order valence-electron chi connectivity index (χ0n) is 23.1. The molecule has 1 heterocycles. The van der Waals surface area contributed by atoms with Crippen molar-refractivity contribution in [2.45, 2.75) is 77.9 Å². The molecule has 0 radical (unpaired) electrons. The number of hydrogen-bond acceptors (Lipinski definition) is 3. The summed E-state index contributed by atoms with van der Waals surface area (Å²) in [7, 11) is -1.60. The molecule has 0 N–H and O–H groups in total. The Labute approximate surface area is 224 Å². The van der Waals surface area contributed by atoms with E-state index in [9.17, 15) is 0 Å². The Balaban J connectivity index is 1.34. The molecule has 0 fully saturated rings. The minimum Gasteiger partial charge on any atom is -0.493 e. The van der Waals surface area contributed by atoms with E-state index in [0.29, 0.717) is 11.6 Å². The highest BCUT2D eigenvalue weighted by molar-refractivity contribution is 7.22. The second-order valence-electron chi connectivity index (χ2n) is 10.9. The lowest BCUT2D eigenvalue weighted by Crippen LogP contribution is -2.40. The molecule has 3 aromatic rings. The van der Waals surface area contributed by atoms with E-state index in [1.165, 1.54) is 26.1 Å². The number of ether oxygens (including phenoxy) is 1. The van der Waals surface area contributed by atoms with Crippen molar-refractivity contribution in [3.63, 3.8) is 0 Å². The first kappa shape index (κ1) is 28.4. The van der Waals surface area contributed by atoms with Gasteiger partial charge in [-0.1, -0.05) is 76.3 Å². The van der Waals surface area contributed by atoms with Crippen molar-refractivity contribution in [2.75, 3.05) is 13.2 Å². The summed E-state index contributed by atoms with van der Waals surface area (Å²) in [6.07, 6.45) is 14.1. The molecule has 0 atom stereocenters. The molecule has 0 saturated carbocycles. The molecule has 0 saturated heterocycles. The van der Waals surface area contributed by atoms with Gasteiger partial charge in [0.25, 0.3) is 0 Å². The van der Waals surface area contributed by atoms with E-state index in [1.54, 1.807) is 0 Å². The van der Waals surface area contributed by atoms with Crippen molar-refractivity contribution in [1.29, 1.82) is 0 Å². The zero-order chi connectivity index (χ0) is 26.0. The Bertz CT molecular complexity index is 1130. The van der Waals surface area contributed by atoms with Crippen LogP contribution >= 0.6 is 11.3 Å². The van der Waals surface area contributed by atoms with Gasteiger partial charge in [0.2, 0.25) is 0 Å². The third-order valence-electron chi connectivity index (χ3n) is 7.08. The SMILES string of the molecule is CCc1ccc(-c2cc3ccc(OCC/C=C/C/C=C/CCCO[Si](C)(C)C(C)(C)C)cc3s2)cc1. The molecular formula is C32H44O2SSi. The fourth-order valence-corrected chi connectivity index (χ4v) is 5.83. The highest BCUT2D eigenvalue weighted by Crippen LogP contribution is 2.37. The summed E-state index contributed by atoms with van der Waals surface area (Å²) < 4.78 is 13.5. The third-order valence-corrected chi connectivity index (χ3v) is 12.8. The number of aryl methyl sites for hydroxylation is 1. The average Bonchev–Trinajstić information content (AvgIpc) is 3.27. The van der Waals surface area contributed by atoms with Gasteiger partial charge in [-0.2, -0.15) is 0 Å². The predicted octanol–water partition coefficient (Wildman–Crippen LogP) is 10.2. The molecule has 0 amide bonds. The maximum Gasteiger partial charge on any atom is 0.191 e. The number of allylic oxidation sites excluding steroid dienone is 3. The highest BCUT2D eigenvalue weighted by atomic mass is 32.1. The van der Waals surface area contributed by atoms with Crippen LogP contribution in [0.3, 0.4) is 0 Å². The van der Waals surface area contributed by atoms with Gasteiger partial charge >= 0.3 is 0 Å². The molecule has 1 aromatic heterocycles. The first-order valence-electron chi connectivity index (χ1n) is 13.4. The van der Waals surface area contributed by atoms with Crippen molar-refractivity contribution in [1.82, 2.24) is 0 Å². The number of unbranched alkanes of at least 4 members (excludes halogenated alkanes) is 1. The van der Waals surface area contributed by atoms with Gasteiger partial charge in [0, 0.05) is 16.2 Å². The molecule has 3 rings (SSSR count). The van der Waals surface area contributed by atoms with Crippen molar-refractivity contribution in [3.05, 3.63) is 78.4 Å². The van der Waals surface area contributed by atoms with E-state index in [0.717, 1.165) is 44.5 Å². The van der Waals surface area contributed by atoms with Gasteiger partial charge in [-0.25, -0.2) is 0 Å². The Kier molecular flexibility index (Phi) is 10.6. The lowest BCUT2D eigenvalue weighted by atomic mass is 10.1. The molecule has 2 nitrogen and oxygen atoms in total. The van der Waals surface area contributed by atoms with Crippen LogP contribution in [0.2, 0.25) is 18.1 Å². The lowest BCUT2D eigenvalue weighted by Gasteiger charge is -2.36. The van der Waals surface area contributed by atoms with Gasteiger partial charge in [-0.05, 0) is 91.0 Å². The monoisotopic (exact) mass is 520 g/mol. The molecule has 0 aliphatic heterocycles. The molecule has 194 valence electrons. The van der Waals surface area contributed by atoms with Gasteiger partial charge in [-0.15, -0.1) is 11.3 Å². The van der Waals surface area contributed by atoms with Crippen LogP contribution in [-0.2, 0) is 10.8 Å². The summed E-state index contributed by atoms with van der Waals surface area (Å²) >= 11 is 1.83. The van der Waals surface area contributed by atoms with Crippen LogP contribution in [-0.4, -0.2) is 21.5 Å². The van der Waals surface area contributed by atoms with Crippen molar-refractivity contribution < 1.29 is 9.16 Å². The van der Waals surface area contributed by atoms with Crippen molar-refractivity contribution in [3.8, 4) is 16.2 Å². The maximum absolute atomic E-state index is 6.23. The van der Waals surface area contributed by atoms with Crippen LogP contribution in [0.1, 0.15) is 58.9 Å². The number of thiophene rings is 1. The van der Waals surface area contributed by atoms with Crippen molar-refractivity contribution >= 4 is 29.7 Å². The average molecular weight is 521 g/mol. The van der Waals surface area contributed by atoms with Gasteiger partial charge in [0.15, 0.2) is 8.32 Å². The van der Waals surface area contributed by atoms with Crippen molar-refractivity contribution in [2.24, 2.45) is 0 Å². The molecule has 36 heavy (non-hydrogen) atoms. The smallest absolute Gasteiger partial charge is 0.191 e. The number of benzene rings is 2. The third kappa shape index (κ3) is 8.47. The predicted molar refractivity (Wildman–Crippen MR) is 162 cm³/mol. The first-order valence-corrected chi connectivity index (χ1v) is 17.1. The molecule has 0 unspecified atom stereocenters. The topological polar surface area (TPSA) is 18.5 Å². The van der Waals surface area contributed by atoms with E-state index in [1.807, 2.05) is 11.3 Å². The molecule has 0 spiro atoms. The number of hydrogen-bond donors (Lipinski definition) is 0. The minimum atomic E-state index is -1.60. The Morgan fingerprint density at radius 3 is 2.28 bits per heavy atom. The molecule has 4 heteroatoms. The molecule has 0 aliphatic rings. The second kappa shape index (κ2) is 13.4. The van der Waals surface area contributed by atoms with Gasteiger partial charge in [-0.3, -0.25) is 0 Å². The maximum atomic E-state index is 6.23. The van der Waals surface area contributed by atoms with Crippen LogP contribution in [0.5, 0.6) is 5.75 Å². The standard InChI is InChI=1S/C32H44O2SSi/c1-7-26-16-18-27(19-17-26)30-24-28-20-21-29(25-31(28)35-30)33-22-14-12-10-8-9-11-13-15-23-34-36(5,6)32(2,3)4/h9-12,16-21,24-25H,7-8,13-15,22-23H2,1-6H3/b11-9+,12-10+. The van der Waals surface area contributed by atoms with E-state index >= 15 is 0 Å². The number of fused-ring (bicyclic) bond motifs is 1. The molecule has 0 bridgehead atoms. The fourth-order valence-electron chi connectivity index (χ4n) is 3.64. The van der Waals surface area contributed by atoms with E-state index in [-0.39, 0.29) is 0 Å². The summed E-state index contributed by atoms with van der Waals surface area (Å²) in [5.41, 5.74) is 2.66. The first-order chi connectivity index (χ1) is 17.2. The van der Waals surface area contributed by atoms with Crippen LogP contribution in [0.15, 0.2) is 72.8 Å². The summed E-state index contributed by atoms with van der Waals surface area (Å²) in [5, 5.41) is 1.57. The van der Waals surface area contributed by atoms with E-state index in [2.05, 4.69) is 114 Å². The van der Waals surface area contributed by atoms with Gasteiger partial charge < -0.3 is 9.16 Å². The van der Waals surface area contributed by atoms with Crippen LogP contribution in [0.4, 0.5) is 0 Å². The van der Waals surface area contributed by atoms with E-state index in [4.69, 9.17) is 9.16 Å². The van der Waals surface area contributed by atoms with E-state index < -0.39 is 8.32 Å². The summed E-state index contributed by atoms with van der Waals surface area (Å²) in [6.45, 7) is 15.3. The molecule has 2 aromatic carbocycles. The Morgan fingerprint density at radius 2 is 1.58 bits per heavy atom. The van der Waals surface area contributed by atoms with Gasteiger partial charge in [0.05, 0.1) is 6.61 Å².